The van der Waals surface area contributed by atoms with E-state index in [0.29, 0.717) is 18.0 Å². The third-order valence-electron chi connectivity index (χ3n) is 5.67. The summed E-state index contributed by atoms with van der Waals surface area (Å²) in [5.74, 6) is 0.659. The summed E-state index contributed by atoms with van der Waals surface area (Å²) in [6.07, 6.45) is 6.74. The lowest BCUT2D eigenvalue weighted by Crippen LogP contribution is -2.36. The van der Waals surface area contributed by atoms with Gasteiger partial charge in [-0.15, -0.1) is 11.3 Å². The van der Waals surface area contributed by atoms with E-state index in [1.807, 2.05) is 0 Å². The number of hydrogen-bond donors (Lipinski definition) is 1. The lowest BCUT2D eigenvalue weighted by Gasteiger charge is -2.33. The summed E-state index contributed by atoms with van der Waals surface area (Å²) in [7, 11) is 0. The maximum atomic E-state index is 12.4. The van der Waals surface area contributed by atoms with Gasteiger partial charge in [0.15, 0.2) is 0 Å². The molecule has 1 aromatic heterocycles. The molecular formula is C20H29N3OS. The zero-order valence-corrected chi connectivity index (χ0v) is 16.5. The number of nitrogens with zero attached hydrogens (tertiary/aromatic N) is 2. The van der Waals surface area contributed by atoms with Gasteiger partial charge < -0.3 is 5.32 Å². The first kappa shape index (κ1) is 18.4. The molecule has 1 atom stereocenters. The molecule has 1 saturated heterocycles. The van der Waals surface area contributed by atoms with E-state index in [1.54, 1.807) is 11.3 Å². The van der Waals surface area contributed by atoms with Gasteiger partial charge in [-0.05, 0) is 62.1 Å². The van der Waals surface area contributed by atoms with Crippen molar-refractivity contribution in [2.75, 3.05) is 25.0 Å². The van der Waals surface area contributed by atoms with Crippen LogP contribution in [0.5, 0.6) is 0 Å². The molecule has 1 aliphatic carbocycles. The van der Waals surface area contributed by atoms with Crippen molar-refractivity contribution in [3.63, 3.8) is 0 Å². The van der Waals surface area contributed by atoms with Gasteiger partial charge in [-0.25, -0.2) is 0 Å². The normalized spacial score (nSPS) is 21.4. The number of fused-ring (bicyclic) bond motifs is 1. The Bertz CT molecular complexity index is 674. The monoisotopic (exact) mass is 359 g/mol. The summed E-state index contributed by atoms with van der Waals surface area (Å²) in [6, 6.07) is 2.35. The number of piperidine rings is 1. The van der Waals surface area contributed by atoms with Crippen molar-refractivity contribution in [3.05, 3.63) is 16.0 Å². The molecule has 0 bridgehead atoms. The summed E-state index contributed by atoms with van der Waals surface area (Å²) >= 11 is 1.62. The Hall–Kier alpha value is -1.38. The molecule has 25 heavy (non-hydrogen) atoms. The fourth-order valence-corrected chi connectivity index (χ4v) is 5.31. The highest BCUT2D eigenvalue weighted by atomic mass is 32.1. The largest absolute Gasteiger partial charge is 0.315 e. The molecule has 136 valence electrons. The smallest absolute Gasteiger partial charge is 0.239 e. The van der Waals surface area contributed by atoms with Gasteiger partial charge in [-0.2, -0.15) is 5.26 Å². The molecule has 0 saturated carbocycles. The number of rotatable bonds is 3. The van der Waals surface area contributed by atoms with E-state index in [2.05, 4.69) is 37.1 Å². The second kappa shape index (κ2) is 7.47. The Kier molecular flexibility index (Phi) is 5.50. The first-order valence-electron chi connectivity index (χ1n) is 9.45. The summed E-state index contributed by atoms with van der Waals surface area (Å²) < 4.78 is 0. The molecule has 1 amide bonds. The maximum Gasteiger partial charge on any atom is 0.239 e. The minimum Gasteiger partial charge on any atom is -0.315 e. The number of anilines is 1. The van der Waals surface area contributed by atoms with Crippen molar-refractivity contribution in [2.24, 2.45) is 11.3 Å². The molecular weight excluding hydrogens is 330 g/mol. The molecule has 2 heterocycles. The van der Waals surface area contributed by atoms with Crippen LogP contribution in [0.4, 0.5) is 5.00 Å². The van der Waals surface area contributed by atoms with Crippen LogP contribution >= 0.6 is 11.3 Å². The zero-order valence-electron chi connectivity index (χ0n) is 15.7. The molecule has 0 spiro atoms. The Labute approximate surface area is 155 Å². The fourth-order valence-electron chi connectivity index (χ4n) is 4.02. The molecule has 3 rings (SSSR count). The highest BCUT2D eigenvalue weighted by molar-refractivity contribution is 7.16. The van der Waals surface area contributed by atoms with Crippen LogP contribution in [-0.2, 0) is 17.6 Å². The lowest BCUT2D eigenvalue weighted by atomic mass is 9.72. The summed E-state index contributed by atoms with van der Waals surface area (Å²) in [6.45, 7) is 9.34. The van der Waals surface area contributed by atoms with Gasteiger partial charge in [0.2, 0.25) is 5.91 Å². The van der Waals surface area contributed by atoms with Crippen LogP contribution in [0, 0.1) is 22.7 Å². The van der Waals surface area contributed by atoms with E-state index in [0.717, 1.165) is 37.4 Å². The minimum absolute atomic E-state index is 0.0179. The van der Waals surface area contributed by atoms with E-state index < -0.39 is 0 Å². The van der Waals surface area contributed by atoms with Crippen LogP contribution in [0.3, 0.4) is 0 Å². The van der Waals surface area contributed by atoms with Gasteiger partial charge >= 0.3 is 0 Å². The highest BCUT2D eigenvalue weighted by Crippen LogP contribution is 2.43. The van der Waals surface area contributed by atoms with Crippen LogP contribution in [0.2, 0.25) is 0 Å². The Balaban J connectivity index is 1.71. The minimum atomic E-state index is 0.0179. The Morgan fingerprint density at radius 1 is 1.32 bits per heavy atom. The Morgan fingerprint density at radius 2 is 2.04 bits per heavy atom. The predicted octanol–water partition coefficient (Wildman–Crippen LogP) is 4.20. The number of carbonyl (C=O) groups is 1. The average molecular weight is 360 g/mol. The van der Waals surface area contributed by atoms with Crippen molar-refractivity contribution < 1.29 is 4.79 Å². The molecule has 5 heteroatoms. The SMILES string of the molecule is CC(C)(C)[C@H]1CCc2c(sc(NC(=O)CN3CCCCC3)c2C#N)C1. The topological polar surface area (TPSA) is 56.1 Å². The lowest BCUT2D eigenvalue weighted by molar-refractivity contribution is -0.117. The molecule has 1 aromatic rings. The molecule has 1 aliphatic heterocycles. The first-order valence-corrected chi connectivity index (χ1v) is 10.3. The second-order valence-electron chi connectivity index (χ2n) is 8.51. The summed E-state index contributed by atoms with van der Waals surface area (Å²) in [5, 5.41) is 13.4. The molecule has 2 aliphatic rings. The van der Waals surface area contributed by atoms with Crippen molar-refractivity contribution in [1.82, 2.24) is 4.90 Å². The molecule has 4 nitrogen and oxygen atoms in total. The molecule has 1 N–H and O–H groups in total. The summed E-state index contributed by atoms with van der Waals surface area (Å²) in [5.41, 5.74) is 2.17. The molecule has 0 radical (unpaired) electrons. The van der Waals surface area contributed by atoms with Crippen molar-refractivity contribution >= 4 is 22.2 Å². The first-order chi connectivity index (χ1) is 11.9. The van der Waals surface area contributed by atoms with Crippen LogP contribution in [0.25, 0.3) is 0 Å². The van der Waals surface area contributed by atoms with Gasteiger partial charge in [0.1, 0.15) is 11.1 Å². The van der Waals surface area contributed by atoms with Crippen molar-refractivity contribution in [3.8, 4) is 6.07 Å². The number of amides is 1. The Morgan fingerprint density at radius 3 is 2.68 bits per heavy atom. The number of nitriles is 1. The van der Waals surface area contributed by atoms with E-state index in [9.17, 15) is 10.1 Å². The van der Waals surface area contributed by atoms with Crippen LogP contribution in [0.15, 0.2) is 0 Å². The highest BCUT2D eigenvalue weighted by Gasteiger charge is 2.32. The van der Waals surface area contributed by atoms with Crippen LogP contribution < -0.4 is 5.32 Å². The van der Waals surface area contributed by atoms with Crippen molar-refractivity contribution in [2.45, 2.75) is 59.3 Å². The summed E-state index contributed by atoms with van der Waals surface area (Å²) in [4.78, 5) is 15.9. The molecule has 0 unspecified atom stereocenters. The number of nitrogens with one attached hydrogen (secondary N) is 1. The number of likely N-dealkylation sites (tertiary alicyclic amines) is 1. The number of carbonyl (C=O) groups excluding carboxylic acids is 1. The van der Waals surface area contributed by atoms with E-state index in [4.69, 9.17) is 0 Å². The average Bonchev–Trinajstić information content (AvgIpc) is 2.90. The van der Waals surface area contributed by atoms with Crippen molar-refractivity contribution in [1.29, 1.82) is 5.26 Å². The number of hydrogen-bond acceptors (Lipinski definition) is 4. The maximum absolute atomic E-state index is 12.4. The predicted molar refractivity (Wildman–Crippen MR) is 103 cm³/mol. The third-order valence-corrected chi connectivity index (χ3v) is 6.84. The van der Waals surface area contributed by atoms with Gasteiger partial charge in [-0.1, -0.05) is 27.2 Å². The molecule has 0 aromatic carbocycles. The fraction of sp³-hybridized carbons (Fsp3) is 0.700. The van der Waals surface area contributed by atoms with E-state index >= 15 is 0 Å². The third kappa shape index (κ3) is 4.24. The van der Waals surface area contributed by atoms with Gasteiger partial charge in [0, 0.05) is 4.88 Å². The standard InChI is InChI=1S/C20H29N3OS/c1-20(2,3)14-7-8-15-16(12-21)19(25-17(15)11-14)22-18(24)13-23-9-5-4-6-10-23/h14H,4-11,13H2,1-3H3,(H,22,24)/t14-/m0/s1. The van der Waals surface area contributed by atoms with E-state index in [1.165, 1.54) is 29.7 Å². The van der Waals surface area contributed by atoms with Crippen LogP contribution in [0.1, 0.15) is 62.5 Å². The molecule has 1 fully saturated rings. The van der Waals surface area contributed by atoms with Crippen LogP contribution in [-0.4, -0.2) is 30.4 Å². The number of thiophene rings is 1. The van der Waals surface area contributed by atoms with Gasteiger partial charge in [0.05, 0.1) is 12.1 Å². The quantitative estimate of drug-likeness (QED) is 0.880. The zero-order chi connectivity index (χ0) is 18.0. The van der Waals surface area contributed by atoms with Gasteiger partial charge in [0.25, 0.3) is 0 Å². The van der Waals surface area contributed by atoms with E-state index in [-0.39, 0.29) is 11.3 Å². The second-order valence-corrected chi connectivity index (χ2v) is 9.62. The van der Waals surface area contributed by atoms with Gasteiger partial charge in [-0.3, -0.25) is 9.69 Å².